The van der Waals surface area contributed by atoms with Crippen LogP contribution in [0.5, 0.6) is 0 Å². The Kier molecular flexibility index (Phi) is 2.91. The average molecular weight is 224 g/mol. The normalized spacial score (nSPS) is 27.9. The van der Waals surface area contributed by atoms with E-state index in [0.717, 1.165) is 19.4 Å². The predicted octanol–water partition coefficient (Wildman–Crippen LogP) is 0.914. The minimum absolute atomic E-state index is 0.0118. The average Bonchev–Trinajstić information content (AvgIpc) is 2.92. The van der Waals surface area contributed by atoms with Crippen LogP contribution >= 0.6 is 0 Å². The molecule has 1 saturated carbocycles. The first kappa shape index (κ1) is 11.4. The summed E-state index contributed by atoms with van der Waals surface area (Å²) in [5, 5.41) is 2.77. The van der Waals surface area contributed by atoms with Gasteiger partial charge in [-0.15, -0.1) is 0 Å². The van der Waals surface area contributed by atoms with Gasteiger partial charge in [0.05, 0.1) is 6.54 Å². The molecule has 1 heterocycles. The molecule has 0 radical (unpaired) electrons. The molecule has 0 bridgehead atoms. The van der Waals surface area contributed by atoms with Gasteiger partial charge in [0, 0.05) is 6.54 Å². The Balaban J connectivity index is 2.00. The predicted molar refractivity (Wildman–Crippen MR) is 60.8 cm³/mol. The molecule has 1 unspecified atom stereocenters. The fourth-order valence-electron chi connectivity index (χ4n) is 2.22. The van der Waals surface area contributed by atoms with Crippen molar-refractivity contribution in [3.63, 3.8) is 0 Å². The summed E-state index contributed by atoms with van der Waals surface area (Å²) in [6.45, 7) is 5.20. The number of carbonyl (C=O) groups excluding carboxylic acids is 2. The topological polar surface area (TPSA) is 49.4 Å². The van der Waals surface area contributed by atoms with Crippen LogP contribution in [0.15, 0.2) is 0 Å². The maximum atomic E-state index is 12.1. The fraction of sp³-hybridized carbons (Fsp3) is 0.833. The van der Waals surface area contributed by atoms with E-state index in [1.54, 1.807) is 4.90 Å². The van der Waals surface area contributed by atoms with E-state index in [9.17, 15) is 9.59 Å². The molecule has 1 aliphatic carbocycles. The van der Waals surface area contributed by atoms with Crippen molar-refractivity contribution in [1.82, 2.24) is 10.2 Å². The highest BCUT2D eigenvalue weighted by Gasteiger charge is 2.42. The second-order valence-electron chi connectivity index (χ2n) is 5.41. The van der Waals surface area contributed by atoms with E-state index in [1.165, 1.54) is 12.8 Å². The summed E-state index contributed by atoms with van der Waals surface area (Å²) in [5.74, 6) is 0.0943. The lowest BCUT2D eigenvalue weighted by Gasteiger charge is -2.34. The second-order valence-corrected chi connectivity index (χ2v) is 5.41. The third-order valence-corrected chi connectivity index (χ3v) is 3.53. The van der Waals surface area contributed by atoms with Gasteiger partial charge in [-0.05, 0) is 24.7 Å². The highest BCUT2D eigenvalue weighted by molar-refractivity contribution is 5.94. The van der Waals surface area contributed by atoms with Gasteiger partial charge >= 0.3 is 0 Å². The Morgan fingerprint density at radius 1 is 1.44 bits per heavy atom. The molecule has 4 heteroatoms. The summed E-state index contributed by atoms with van der Waals surface area (Å²) in [4.78, 5) is 25.3. The molecule has 1 atom stereocenters. The molecule has 2 amide bonds. The molecule has 90 valence electrons. The number of nitrogens with zero attached hydrogens (tertiary/aromatic N) is 1. The molecule has 2 aliphatic rings. The smallest absolute Gasteiger partial charge is 0.245 e. The van der Waals surface area contributed by atoms with Gasteiger partial charge in [-0.2, -0.15) is 0 Å². The van der Waals surface area contributed by atoms with Crippen LogP contribution in [0.2, 0.25) is 0 Å². The van der Waals surface area contributed by atoms with E-state index >= 15 is 0 Å². The third-order valence-electron chi connectivity index (χ3n) is 3.53. The maximum absolute atomic E-state index is 12.1. The molecule has 2 fully saturated rings. The van der Waals surface area contributed by atoms with E-state index < -0.39 is 0 Å². The first-order chi connectivity index (χ1) is 7.54. The van der Waals surface area contributed by atoms with Gasteiger partial charge in [0.25, 0.3) is 0 Å². The number of piperazine rings is 1. The lowest BCUT2D eigenvalue weighted by atomic mass is 10.0. The van der Waals surface area contributed by atoms with Crippen molar-refractivity contribution in [2.75, 3.05) is 13.1 Å². The van der Waals surface area contributed by atoms with Crippen molar-refractivity contribution in [1.29, 1.82) is 0 Å². The number of hydrogen-bond acceptors (Lipinski definition) is 2. The second kappa shape index (κ2) is 4.07. The quantitative estimate of drug-likeness (QED) is 0.771. The van der Waals surface area contributed by atoms with E-state index in [1.807, 2.05) is 6.92 Å². The van der Waals surface area contributed by atoms with Crippen molar-refractivity contribution in [2.45, 2.75) is 45.6 Å². The molecule has 0 aromatic carbocycles. The molecule has 2 rings (SSSR count). The molecule has 0 aromatic heterocycles. The number of carbonyl (C=O) groups is 2. The van der Waals surface area contributed by atoms with Crippen LogP contribution in [0.1, 0.15) is 39.5 Å². The number of nitrogens with one attached hydrogen (secondary N) is 1. The molecule has 0 spiro atoms. The molecule has 16 heavy (non-hydrogen) atoms. The Hall–Kier alpha value is -1.06. The maximum Gasteiger partial charge on any atom is 0.245 e. The first-order valence-electron chi connectivity index (χ1n) is 6.12. The summed E-state index contributed by atoms with van der Waals surface area (Å²) in [6.07, 6.45) is 4.02. The number of hydrogen-bond donors (Lipinski definition) is 1. The SMILES string of the molecule is CCCC1NC(=O)CN(CC2(C)CC2)C1=O. The summed E-state index contributed by atoms with van der Waals surface area (Å²) in [7, 11) is 0. The van der Waals surface area contributed by atoms with Crippen molar-refractivity contribution in [3.05, 3.63) is 0 Å². The Morgan fingerprint density at radius 3 is 2.69 bits per heavy atom. The van der Waals surface area contributed by atoms with Gasteiger partial charge in [-0.1, -0.05) is 20.3 Å². The largest absolute Gasteiger partial charge is 0.343 e. The highest BCUT2D eigenvalue weighted by atomic mass is 16.2. The summed E-state index contributed by atoms with van der Waals surface area (Å²) in [5.41, 5.74) is 0.282. The molecule has 4 nitrogen and oxygen atoms in total. The van der Waals surface area contributed by atoms with Gasteiger partial charge in [0.15, 0.2) is 0 Å². The minimum atomic E-state index is -0.284. The van der Waals surface area contributed by atoms with E-state index in [4.69, 9.17) is 0 Å². The van der Waals surface area contributed by atoms with Crippen LogP contribution in [0.4, 0.5) is 0 Å². The lowest BCUT2D eigenvalue weighted by Crippen LogP contribution is -2.58. The lowest BCUT2D eigenvalue weighted by molar-refractivity contribution is -0.145. The Bertz CT molecular complexity index is 310. The Labute approximate surface area is 96.4 Å². The molecule has 1 aliphatic heterocycles. The zero-order valence-electron chi connectivity index (χ0n) is 10.1. The zero-order chi connectivity index (χ0) is 11.8. The molecular weight excluding hydrogens is 204 g/mol. The number of amides is 2. The minimum Gasteiger partial charge on any atom is -0.343 e. The molecule has 0 aromatic rings. The molecular formula is C12H20N2O2. The summed E-state index contributed by atoms with van der Waals surface area (Å²) >= 11 is 0. The van der Waals surface area contributed by atoms with Crippen molar-refractivity contribution < 1.29 is 9.59 Å². The first-order valence-corrected chi connectivity index (χ1v) is 6.12. The number of rotatable bonds is 4. The summed E-state index contributed by atoms with van der Waals surface area (Å²) in [6, 6.07) is -0.284. The monoisotopic (exact) mass is 224 g/mol. The van der Waals surface area contributed by atoms with Crippen LogP contribution in [-0.2, 0) is 9.59 Å². The van der Waals surface area contributed by atoms with Crippen LogP contribution in [0.3, 0.4) is 0 Å². The van der Waals surface area contributed by atoms with Gasteiger partial charge in [0.2, 0.25) is 11.8 Å². The van der Waals surface area contributed by atoms with Crippen molar-refractivity contribution in [3.8, 4) is 0 Å². The highest BCUT2D eigenvalue weighted by Crippen LogP contribution is 2.45. The standard InChI is InChI=1S/C12H20N2O2/c1-3-4-9-11(16)14(7-10(15)13-9)8-12(2)5-6-12/h9H,3-8H2,1-2H3,(H,13,15). The van der Waals surface area contributed by atoms with Gasteiger partial charge in [-0.3, -0.25) is 9.59 Å². The molecule has 1 saturated heterocycles. The van der Waals surface area contributed by atoms with Crippen molar-refractivity contribution >= 4 is 11.8 Å². The fourth-order valence-corrected chi connectivity index (χ4v) is 2.22. The van der Waals surface area contributed by atoms with E-state index in [2.05, 4.69) is 12.2 Å². The summed E-state index contributed by atoms with van der Waals surface area (Å²) < 4.78 is 0. The van der Waals surface area contributed by atoms with E-state index in [-0.39, 0.29) is 29.8 Å². The van der Waals surface area contributed by atoms with Gasteiger partial charge in [0.1, 0.15) is 6.04 Å². The van der Waals surface area contributed by atoms with Crippen LogP contribution < -0.4 is 5.32 Å². The van der Waals surface area contributed by atoms with Crippen LogP contribution in [-0.4, -0.2) is 35.8 Å². The van der Waals surface area contributed by atoms with Crippen LogP contribution in [0.25, 0.3) is 0 Å². The zero-order valence-corrected chi connectivity index (χ0v) is 10.1. The van der Waals surface area contributed by atoms with E-state index in [0.29, 0.717) is 0 Å². The van der Waals surface area contributed by atoms with Crippen LogP contribution in [0, 0.1) is 5.41 Å². The molecule has 1 N–H and O–H groups in total. The Morgan fingerprint density at radius 2 is 2.12 bits per heavy atom. The van der Waals surface area contributed by atoms with Crippen molar-refractivity contribution in [2.24, 2.45) is 5.41 Å². The van der Waals surface area contributed by atoms with Gasteiger partial charge < -0.3 is 10.2 Å². The van der Waals surface area contributed by atoms with Gasteiger partial charge in [-0.25, -0.2) is 0 Å². The third kappa shape index (κ3) is 2.36.